The van der Waals surface area contributed by atoms with E-state index < -0.39 is 0 Å². The van der Waals surface area contributed by atoms with Crippen LogP contribution in [0.15, 0.2) is 205 Å². The van der Waals surface area contributed by atoms with Crippen LogP contribution in [0.25, 0.3) is 121 Å². The molecule has 3 aromatic heterocycles. The molecule has 16 rings (SSSR count). The predicted octanol–water partition coefficient (Wildman–Crippen LogP) is 15.9. The summed E-state index contributed by atoms with van der Waals surface area (Å²) < 4.78 is 11.5. The Labute approximate surface area is 362 Å². The summed E-state index contributed by atoms with van der Waals surface area (Å²) in [5.41, 5.74) is 20.0. The number of nitrogens with zero attached hydrogens (tertiary/aromatic N) is 2. The minimum Gasteiger partial charge on any atom is -0.454 e. The highest BCUT2D eigenvalue weighted by Gasteiger charge is 2.43. The molecule has 292 valence electrons. The third kappa shape index (κ3) is 4.19. The summed E-state index contributed by atoms with van der Waals surface area (Å²) in [5, 5.41) is 9.79. The van der Waals surface area contributed by atoms with E-state index in [0.717, 1.165) is 38.7 Å². The standard InChI is InChI=1S/C60H36N2O/c1-60-49-20-8-4-15-40(49)46-33-48-42-17-6-10-22-53(42)62(57(48)34-51(46)60)56-32-36(25-27-43(56)38-28-29-50(60)39-14-3-2-13-37(38)39)35-26-30-54-47(31-35)41-16-5-9-21-52(41)61(54)55-23-12-19-45-44-18-7-11-24-58(44)63-59(45)55/h2-34H,1H3. The third-order valence-corrected chi connectivity index (χ3v) is 14.7. The van der Waals surface area contributed by atoms with E-state index >= 15 is 0 Å². The van der Waals surface area contributed by atoms with Crippen LogP contribution in [0.5, 0.6) is 0 Å². The Morgan fingerprint density at radius 1 is 0.333 bits per heavy atom. The smallest absolute Gasteiger partial charge is 0.159 e. The lowest BCUT2D eigenvalue weighted by atomic mass is 9.72. The van der Waals surface area contributed by atoms with E-state index in [0.29, 0.717) is 0 Å². The van der Waals surface area contributed by atoms with Gasteiger partial charge >= 0.3 is 0 Å². The first-order chi connectivity index (χ1) is 31.1. The van der Waals surface area contributed by atoms with Crippen LogP contribution in [0, 0.1) is 0 Å². The second kappa shape index (κ2) is 11.8. The SMILES string of the molecule is CC12c3ccccc3-c3cc4c5ccccc5n(c4cc31)-c1cc(-c3ccc4c(c3)c3ccccc3n4-c3cccc4c3oc3ccccc34)ccc1-c1ccc2c2ccccc12. The fraction of sp³-hybridized carbons (Fsp3) is 0.0333. The van der Waals surface area contributed by atoms with Crippen molar-refractivity contribution in [2.45, 2.75) is 12.3 Å². The molecule has 63 heavy (non-hydrogen) atoms. The number of fused-ring (bicyclic) bond motifs is 11. The van der Waals surface area contributed by atoms with E-state index in [-0.39, 0.29) is 5.41 Å². The van der Waals surface area contributed by atoms with E-state index in [1.807, 2.05) is 6.07 Å². The molecule has 10 aromatic carbocycles. The number of furan rings is 1. The molecule has 0 radical (unpaired) electrons. The first kappa shape index (κ1) is 33.6. The van der Waals surface area contributed by atoms with Gasteiger partial charge in [0.15, 0.2) is 5.58 Å². The molecule has 4 bridgehead atoms. The van der Waals surface area contributed by atoms with Crippen molar-refractivity contribution in [2.75, 3.05) is 0 Å². The quantitative estimate of drug-likeness (QED) is 0.171. The van der Waals surface area contributed by atoms with Crippen molar-refractivity contribution in [2.24, 2.45) is 0 Å². The molecule has 1 aliphatic carbocycles. The van der Waals surface area contributed by atoms with Crippen molar-refractivity contribution >= 4 is 76.3 Å². The van der Waals surface area contributed by atoms with E-state index in [1.54, 1.807) is 0 Å². The molecule has 2 aliphatic heterocycles. The molecule has 0 fully saturated rings. The lowest BCUT2D eigenvalue weighted by Crippen LogP contribution is -2.23. The number of aromatic nitrogens is 2. The molecule has 13 aromatic rings. The molecule has 1 unspecified atom stereocenters. The fourth-order valence-corrected chi connectivity index (χ4v) is 11.9. The van der Waals surface area contributed by atoms with Crippen LogP contribution in [0.1, 0.15) is 23.6 Å². The van der Waals surface area contributed by atoms with Gasteiger partial charge in [-0.1, -0.05) is 146 Å². The van der Waals surface area contributed by atoms with E-state index in [4.69, 9.17) is 4.42 Å². The predicted molar refractivity (Wildman–Crippen MR) is 262 cm³/mol. The Kier molecular flexibility index (Phi) is 6.29. The number of para-hydroxylation sites is 4. The molecule has 0 spiro atoms. The third-order valence-electron chi connectivity index (χ3n) is 14.7. The molecule has 3 heteroatoms. The fourth-order valence-electron chi connectivity index (χ4n) is 11.9. The Balaban J connectivity index is 1.02. The van der Waals surface area contributed by atoms with Gasteiger partial charge in [0.05, 0.1) is 33.4 Å². The van der Waals surface area contributed by atoms with Gasteiger partial charge in [0, 0.05) is 43.3 Å². The van der Waals surface area contributed by atoms with Gasteiger partial charge in [-0.05, 0) is 117 Å². The maximum absolute atomic E-state index is 6.61. The van der Waals surface area contributed by atoms with Crippen molar-refractivity contribution in [3.8, 4) is 44.8 Å². The van der Waals surface area contributed by atoms with Crippen molar-refractivity contribution < 1.29 is 4.42 Å². The van der Waals surface area contributed by atoms with Crippen LogP contribution in [0.2, 0.25) is 0 Å². The summed E-state index contributed by atoms with van der Waals surface area (Å²) in [6.07, 6.45) is 0. The molecule has 0 saturated heterocycles. The minimum absolute atomic E-state index is 0.342. The first-order valence-electron chi connectivity index (χ1n) is 21.9. The van der Waals surface area contributed by atoms with Gasteiger partial charge in [-0.3, -0.25) is 0 Å². The average Bonchev–Trinajstić information content (AvgIpc) is 4.05. The minimum atomic E-state index is -0.342. The highest BCUT2D eigenvalue weighted by atomic mass is 16.3. The molecular weight excluding hydrogens is 765 g/mol. The monoisotopic (exact) mass is 800 g/mol. The van der Waals surface area contributed by atoms with Gasteiger partial charge in [0.25, 0.3) is 0 Å². The van der Waals surface area contributed by atoms with Gasteiger partial charge in [-0.15, -0.1) is 0 Å². The molecule has 3 nitrogen and oxygen atoms in total. The largest absolute Gasteiger partial charge is 0.454 e. The Morgan fingerprint density at radius 3 is 1.79 bits per heavy atom. The lowest BCUT2D eigenvalue weighted by molar-refractivity contribution is 0.666. The normalized spacial score (nSPS) is 15.1. The zero-order valence-electron chi connectivity index (χ0n) is 34.4. The van der Waals surface area contributed by atoms with Gasteiger partial charge in [0.2, 0.25) is 0 Å². The molecule has 5 heterocycles. The molecule has 0 N–H and O–H groups in total. The van der Waals surface area contributed by atoms with E-state index in [9.17, 15) is 0 Å². The van der Waals surface area contributed by atoms with Gasteiger partial charge in [-0.2, -0.15) is 0 Å². The zero-order valence-corrected chi connectivity index (χ0v) is 34.4. The number of hydrogen-bond acceptors (Lipinski definition) is 1. The van der Waals surface area contributed by atoms with Crippen molar-refractivity contribution in [1.29, 1.82) is 0 Å². The van der Waals surface area contributed by atoms with Crippen molar-refractivity contribution in [3.05, 3.63) is 217 Å². The Morgan fingerprint density at radius 2 is 0.952 bits per heavy atom. The summed E-state index contributed by atoms with van der Waals surface area (Å²) in [5.74, 6) is 0. The van der Waals surface area contributed by atoms with E-state index in [2.05, 4.69) is 210 Å². The number of hydrogen-bond donors (Lipinski definition) is 0. The highest BCUT2D eigenvalue weighted by Crippen LogP contribution is 2.56. The van der Waals surface area contributed by atoms with Crippen LogP contribution in [0.3, 0.4) is 0 Å². The lowest BCUT2D eigenvalue weighted by Gasteiger charge is -2.30. The summed E-state index contributed by atoms with van der Waals surface area (Å²) in [6.45, 7) is 2.45. The topological polar surface area (TPSA) is 23.0 Å². The van der Waals surface area contributed by atoms with Crippen LogP contribution in [0.4, 0.5) is 0 Å². The Hall–Kier alpha value is -8.14. The summed E-state index contributed by atoms with van der Waals surface area (Å²) in [7, 11) is 0. The van der Waals surface area contributed by atoms with E-state index in [1.165, 1.54) is 99.1 Å². The molecule has 0 saturated carbocycles. The van der Waals surface area contributed by atoms with Crippen molar-refractivity contribution in [1.82, 2.24) is 9.13 Å². The van der Waals surface area contributed by atoms with Crippen LogP contribution in [-0.2, 0) is 5.41 Å². The van der Waals surface area contributed by atoms with Gasteiger partial charge in [0.1, 0.15) is 5.58 Å². The summed E-state index contributed by atoms with van der Waals surface area (Å²) in [6, 6.07) is 74.7. The summed E-state index contributed by atoms with van der Waals surface area (Å²) in [4.78, 5) is 0. The second-order valence-electron chi connectivity index (χ2n) is 17.7. The Bertz CT molecular complexity index is 4170. The van der Waals surface area contributed by atoms with Gasteiger partial charge < -0.3 is 13.6 Å². The average molecular weight is 801 g/mol. The van der Waals surface area contributed by atoms with Crippen LogP contribution in [-0.4, -0.2) is 9.13 Å². The first-order valence-corrected chi connectivity index (χ1v) is 21.9. The summed E-state index contributed by atoms with van der Waals surface area (Å²) >= 11 is 0. The second-order valence-corrected chi connectivity index (χ2v) is 17.7. The van der Waals surface area contributed by atoms with Gasteiger partial charge in [-0.25, -0.2) is 0 Å². The highest BCUT2D eigenvalue weighted by molar-refractivity contribution is 6.15. The maximum Gasteiger partial charge on any atom is 0.159 e. The van der Waals surface area contributed by atoms with Crippen molar-refractivity contribution in [3.63, 3.8) is 0 Å². The molecule has 1 atom stereocenters. The zero-order chi connectivity index (χ0) is 41.1. The molecule has 0 amide bonds. The van der Waals surface area contributed by atoms with Crippen LogP contribution < -0.4 is 0 Å². The van der Waals surface area contributed by atoms with Crippen LogP contribution >= 0.6 is 0 Å². The molecular formula is C60H36N2O. The maximum atomic E-state index is 6.61. The number of benzene rings is 10. The molecule has 3 aliphatic rings. The number of rotatable bonds is 2.